The summed E-state index contributed by atoms with van der Waals surface area (Å²) in [5.74, 6) is -0.313. The molecule has 1 atom stereocenters. The average molecular weight is 354 g/mol. The number of rotatable bonds is 4. The van der Waals surface area contributed by atoms with Gasteiger partial charge in [-0.2, -0.15) is 9.40 Å². The lowest BCUT2D eigenvalue weighted by Crippen LogP contribution is -2.42. The first-order valence-electron chi connectivity index (χ1n) is 7.26. The van der Waals surface area contributed by atoms with Crippen molar-refractivity contribution >= 4 is 33.0 Å². The first kappa shape index (κ1) is 16.2. The summed E-state index contributed by atoms with van der Waals surface area (Å²) in [5.41, 5.74) is 0.564. The van der Waals surface area contributed by atoms with Crippen molar-refractivity contribution in [2.24, 2.45) is 7.05 Å². The summed E-state index contributed by atoms with van der Waals surface area (Å²) >= 11 is 1.23. The van der Waals surface area contributed by atoms with E-state index in [2.05, 4.69) is 10.4 Å². The molecule has 0 saturated carbocycles. The number of hydrogen-bond donors (Lipinski definition) is 1. The van der Waals surface area contributed by atoms with Crippen LogP contribution >= 0.6 is 11.3 Å². The fraction of sp³-hybridized carbons (Fsp3) is 0.429. The fourth-order valence-corrected chi connectivity index (χ4v) is 5.74. The van der Waals surface area contributed by atoms with Crippen molar-refractivity contribution in [1.29, 1.82) is 0 Å². The van der Waals surface area contributed by atoms with E-state index in [1.54, 1.807) is 30.1 Å². The van der Waals surface area contributed by atoms with Crippen LogP contribution in [0.2, 0.25) is 0 Å². The average Bonchev–Trinajstić information content (AvgIpc) is 3.19. The van der Waals surface area contributed by atoms with E-state index in [-0.39, 0.29) is 10.1 Å². The van der Waals surface area contributed by atoms with Crippen molar-refractivity contribution in [3.63, 3.8) is 0 Å². The Balaban J connectivity index is 1.81. The van der Waals surface area contributed by atoms with Gasteiger partial charge in [-0.05, 0) is 31.9 Å². The molecule has 0 radical (unpaired) electrons. The maximum absolute atomic E-state index is 12.8. The fourth-order valence-electron chi connectivity index (χ4n) is 2.67. The van der Waals surface area contributed by atoms with Gasteiger partial charge in [-0.15, -0.1) is 11.3 Å². The number of carbonyl (C=O) groups is 1. The molecule has 3 heterocycles. The van der Waals surface area contributed by atoms with Crippen molar-refractivity contribution in [2.75, 3.05) is 11.9 Å². The first-order chi connectivity index (χ1) is 10.9. The zero-order valence-electron chi connectivity index (χ0n) is 12.9. The number of hydrogen-bond acceptors (Lipinski definition) is 5. The number of thiophene rings is 1. The van der Waals surface area contributed by atoms with Crippen LogP contribution in [0.5, 0.6) is 0 Å². The van der Waals surface area contributed by atoms with Gasteiger partial charge in [0, 0.05) is 24.7 Å². The Hall–Kier alpha value is -1.71. The highest BCUT2D eigenvalue weighted by atomic mass is 32.2. The van der Waals surface area contributed by atoms with E-state index in [0.29, 0.717) is 25.1 Å². The minimum absolute atomic E-state index is 0.288. The van der Waals surface area contributed by atoms with Gasteiger partial charge in [0.2, 0.25) is 5.91 Å². The van der Waals surface area contributed by atoms with Crippen LogP contribution < -0.4 is 5.32 Å². The molecule has 0 bridgehead atoms. The summed E-state index contributed by atoms with van der Waals surface area (Å²) in [7, 11) is -1.88. The number of carbonyl (C=O) groups excluding carboxylic acids is 1. The Morgan fingerprint density at radius 1 is 1.43 bits per heavy atom. The van der Waals surface area contributed by atoms with Gasteiger partial charge in [0.15, 0.2) is 0 Å². The third-order valence-electron chi connectivity index (χ3n) is 3.76. The van der Waals surface area contributed by atoms with Crippen molar-refractivity contribution in [3.8, 4) is 0 Å². The Morgan fingerprint density at radius 3 is 2.83 bits per heavy atom. The van der Waals surface area contributed by atoms with Gasteiger partial charge in [-0.25, -0.2) is 8.42 Å². The molecule has 0 aliphatic carbocycles. The number of aryl methyl sites for hydroxylation is 2. The maximum atomic E-state index is 12.8. The molecule has 2 aromatic rings. The van der Waals surface area contributed by atoms with E-state index in [1.165, 1.54) is 21.8 Å². The maximum Gasteiger partial charge on any atom is 0.253 e. The number of nitrogens with zero attached hydrogens (tertiary/aromatic N) is 3. The lowest BCUT2D eigenvalue weighted by atomic mass is 10.2. The first-order valence-corrected chi connectivity index (χ1v) is 9.51. The number of amides is 1. The summed E-state index contributed by atoms with van der Waals surface area (Å²) in [6.07, 6.45) is 4.41. The topological polar surface area (TPSA) is 84.3 Å². The van der Waals surface area contributed by atoms with Gasteiger partial charge in [-0.3, -0.25) is 9.48 Å². The van der Waals surface area contributed by atoms with Gasteiger partial charge in [-0.1, -0.05) is 0 Å². The van der Waals surface area contributed by atoms with Crippen LogP contribution in [0, 0.1) is 6.92 Å². The molecule has 7 nitrogen and oxygen atoms in total. The summed E-state index contributed by atoms with van der Waals surface area (Å²) < 4.78 is 28.7. The summed E-state index contributed by atoms with van der Waals surface area (Å²) in [5, 5.41) is 6.72. The van der Waals surface area contributed by atoms with E-state index in [0.717, 1.165) is 4.88 Å². The molecule has 124 valence electrons. The number of anilines is 1. The molecule has 1 amide bonds. The normalized spacial score (nSPS) is 19.1. The van der Waals surface area contributed by atoms with Crippen LogP contribution in [-0.2, 0) is 21.9 Å². The quantitative estimate of drug-likeness (QED) is 0.903. The standard InChI is InChI=1S/C14H18N4O3S2/c1-10-5-6-13(22-10)23(20,21)18-7-3-4-12(18)14(19)16-11-8-15-17(2)9-11/h5-6,8-9,12H,3-4,7H2,1-2H3,(H,16,19)/t12-/m1/s1. The van der Waals surface area contributed by atoms with Crippen molar-refractivity contribution in [1.82, 2.24) is 14.1 Å². The highest BCUT2D eigenvalue weighted by molar-refractivity contribution is 7.91. The molecule has 1 aliphatic heterocycles. The molecule has 0 unspecified atom stereocenters. The smallest absolute Gasteiger partial charge is 0.253 e. The van der Waals surface area contributed by atoms with Crippen LogP contribution in [0.1, 0.15) is 17.7 Å². The van der Waals surface area contributed by atoms with E-state index in [1.807, 2.05) is 6.92 Å². The van der Waals surface area contributed by atoms with E-state index in [4.69, 9.17) is 0 Å². The number of nitrogens with one attached hydrogen (secondary N) is 1. The Bertz CT molecular complexity index is 825. The molecule has 3 rings (SSSR count). The Labute approximate surface area is 139 Å². The van der Waals surface area contributed by atoms with Crippen LogP contribution in [0.25, 0.3) is 0 Å². The molecule has 1 fully saturated rings. The predicted octanol–water partition coefficient (Wildman–Crippen LogP) is 1.58. The molecular weight excluding hydrogens is 336 g/mol. The molecule has 2 aromatic heterocycles. The molecule has 1 N–H and O–H groups in total. The van der Waals surface area contributed by atoms with E-state index < -0.39 is 16.1 Å². The predicted molar refractivity (Wildman–Crippen MR) is 87.8 cm³/mol. The van der Waals surface area contributed by atoms with Crippen LogP contribution in [0.3, 0.4) is 0 Å². The van der Waals surface area contributed by atoms with Gasteiger partial charge in [0.25, 0.3) is 10.0 Å². The monoisotopic (exact) mass is 354 g/mol. The van der Waals surface area contributed by atoms with Gasteiger partial charge in [0.1, 0.15) is 10.3 Å². The SMILES string of the molecule is Cc1ccc(S(=O)(=O)N2CCC[C@@H]2C(=O)Nc2cnn(C)c2)s1. The number of sulfonamides is 1. The summed E-state index contributed by atoms with van der Waals surface area (Å²) in [6, 6.07) is 2.70. The van der Waals surface area contributed by atoms with Gasteiger partial charge >= 0.3 is 0 Å². The second kappa shape index (κ2) is 6.06. The lowest BCUT2D eigenvalue weighted by molar-refractivity contribution is -0.119. The molecular formula is C14H18N4O3S2. The molecule has 1 aliphatic rings. The Morgan fingerprint density at radius 2 is 2.22 bits per heavy atom. The van der Waals surface area contributed by atoms with Crippen molar-refractivity contribution in [3.05, 3.63) is 29.4 Å². The van der Waals surface area contributed by atoms with Crippen LogP contribution in [0.4, 0.5) is 5.69 Å². The van der Waals surface area contributed by atoms with Crippen molar-refractivity contribution < 1.29 is 13.2 Å². The molecule has 1 saturated heterocycles. The number of aromatic nitrogens is 2. The zero-order valence-corrected chi connectivity index (χ0v) is 14.5. The lowest BCUT2D eigenvalue weighted by Gasteiger charge is -2.22. The summed E-state index contributed by atoms with van der Waals surface area (Å²) in [4.78, 5) is 13.4. The molecule has 0 aromatic carbocycles. The van der Waals surface area contributed by atoms with E-state index >= 15 is 0 Å². The second-order valence-corrected chi connectivity index (χ2v) is 8.94. The highest BCUT2D eigenvalue weighted by Crippen LogP contribution is 2.30. The minimum atomic E-state index is -3.63. The molecule has 9 heteroatoms. The third-order valence-corrected chi connectivity index (χ3v) is 7.13. The van der Waals surface area contributed by atoms with Crippen LogP contribution in [-0.4, -0.2) is 41.0 Å². The second-order valence-electron chi connectivity index (χ2n) is 5.53. The zero-order chi connectivity index (χ0) is 16.6. The highest BCUT2D eigenvalue weighted by Gasteiger charge is 2.40. The molecule has 23 heavy (non-hydrogen) atoms. The Kier molecular flexibility index (Phi) is 4.26. The summed E-state index contributed by atoms with van der Waals surface area (Å²) in [6.45, 7) is 2.23. The largest absolute Gasteiger partial charge is 0.322 e. The molecule has 0 spiro atoms. The van der Waals surface area contributed by atoms with Crippen molar-refractivity contribution in [2.45, 2.75) is 30.0 Å². The van der Waals surface area contributed by atoms with Gasteiger partial charge in [0.05, 0.1) is 11.9 Å². The minimum Gasteiger partial charge on any atom is -0.322 e. The third kappa shape index (κ3) is 3.17. The van der Waals surface area contributed by atoms with Gasteiger partial charge < -0.3 is 5.32 Å². The van der Waals surface area contributed by atoms with Crippen LogP contribution in [0.15, 0.2) is 28.7 Å². The van der Waals surface area contributed by atoms with E-state index in [9.17, 15) is 13.2 Å².